The summed E-state index contributed by atoms with van der Waals surface area (Å²) in [5.41, 5.74) is 0. The maximum Gasteiger partial charge on any atom is 0.306 e. The number of nitrogens with zero attached hydrogens (tertiary/aromatic N) is 1. The van der Waals surface area contributed by atoms with Crippen molar-refractivity contribution < 1.29 is 23.9 Å². The van der Waals surface area contributed by atoms with Crippen LogP contribution in [0.1, 0.15) is 202 Å². The fourth-order valence-electron chi connectivity index (χ4n) is 5.81. The summed E-state index contributed by atoms with van der Waals surface area (Å²) in [6, 6.07) is 0. The molecule has 288 valence electrons. The Morgan fingerprint density at radius 1 is 0.592 bits per heavy atom. The molecule has 0 aliphatic heterocycles. The third-order valence-corrected chi connectivity index (χ3v) is 10.0. The van der Waals surface area contributed by atoms with Crippen LogP contribution in [0.15, 0.2) is 12.2 Å². The summed E-state index contributed by atoms with van der Waals surface area (Å²) in [5, 5.41) is 0.154. The summed E-state index contributed by atoms with van der Waals surface area (Å²) < 4.78 is 11.3. The highest BCUT2D eigenvalue weighted by Crippen LogP contribution is 2.19. The van der Waals surface area contributed by atoms with Crippen molar-refractivity contribution in [2.75, 3.05) is 25.4 Å². The number of carbonyl (C=O) groups excluding carboxylic acids is 3. The Hall–Kier alpha value is -1.50. The molecular formula is C42H79NO5S. The Kier molecular flexibility index (Phi) is 35.2. The molecule has 0 fully saturated rings. The van der Waals surface area contributed by atoms with Gasteiger partial charge in [-0.1, -0.05) is 142 Å². The Morgan fingerprint density at radius 3 is 1.65 bits per heavy atom. The number of hydrogen-bond acceptors (Lipinski definition) is 6. The van der Waals surface area contributed by atoms with E-state index in [1.165, 1.54) is 88.8 Å². The van der Waals surface area contributed by atoms with E-state index in [0.29, 0.717) is 38.5 Å². The molecular weight excluding hydrogens is 631 g/mol. The molecule has 0 aromatic heterocycles. The lowest BCUT2D eigenvalue weighted by Crippen LogP contribution is -2.30. The largest absolute Gasteiger partial charge is 0.462 e. The molecule has 0 saturated carbocycles. The zero-order valence-electron chi connectivity index (χ0n) is 32.9. The second-order valence-electron chi connectivity index (χ2n) is 14.4. The Labute approximate surface area is 308 Å². The first-order chi connectivity index (χ1) is 23.8. The van der Waals surface area contributed by atoms with E-state index in [2.05, 4.69) is 40.7 Å². The molecule has 0 aromatic rings. The number of rotatable bonds is 35. The Bertz CT molecular complexity index is 788. The van der Waals surface area contributed by atoms with Crippen molar-refractivity contribution in [3.05, 3.63) is 12.2 Å². The van der Waals surface area contributed by atoms with Crippen LogP contribution in [0.25, 0.3) is 0 Å². The van der Waals surface area contributed by atoms with Gasteiger partial charge in [0.15, 0.2) is 0 Å². The number of ether oxygens (including phenoxy) is 2. The summed E-state index contributed by atoms with van der Waals surface area (Å²) in [6.07, 6.45) is 31.6. The van der Waals surface area contributed by atoms with Gasteiger partial charge in [-0.15, -0.1) is 0 Å². The van der Waals surface area contributed by atoms with Crippen LogP contribution in [0, 0.1) is 5.92 Å². The smallest absolute Gasteiger partial charge is 0.306 e. The number of carbonyl (C=O) groups is 3. The van der Waals surface area contributed by atoms with Crippen LogP contribution in [0.2, 0.25) is 0 Å². The van der Waals surface area contributed by atoms with E-state index in [0.717, 1.165) is 82.8 Å². The number of amides is 1. The maximum atomic E-state index is 13.1. The first kappa shape index (κ1) is 47.5. The van der Waals surface area contributed by atoms with Gasteiger partial charge in [0.1, 0.15) is 12.7 Å². The third-order valence-electron chi connectivity index (χ3n) is 9.09. The molecule has 0 bridgehead atoms. The zero-order chi connectivity index (χ0) is 36.2. The average Bonchev–Trinajstić information content (AvgIpc) is 3.07. The van der Waals surface area contributed by atoms with E-state index >= 15 is 0 Å². The number of unbranched alkanes of at least 4 members (excludes halogenated alkanes) is 16. The molecule has 1 amide bonds. The Morgan fingerprint density at radius 2 is 1.10 bits per heavy atom. The molecule has 0 aliphatic carbocycles. The molecule has 0 atom stereocenters. The summed E-state index contributed by atoms with van der Waals surface area (Å²) in [6.45, 7) is 12.9. The van der Waals surface area contributed by atoms with Gasteiger partial charge in [0.25, 0.3) is 5.24 Å². The Balaban J connectivity index is 4.50. The van der Waals surface area contributed by atoms with Gasteiger partial charge in [-0.2, -0.15) is 0 Å². The van der Waals surface area contributed by atoms with Crippen molar-refractivity contribution in [3.8, 4) is 0 Å². The molecule has 0 aromatic carbocycles. The molecule has 6 nitrogen and oxygen atoms in total. The van der Waals surface area contributed by atoms with Crippen LogP contribution in [0.3, 0.4) is 0 Å². The first-order valence-electron chi connectivity index (χ1n) is 20.8. The minimum absolute atomic E-state index is 0.0544. The van der Waals surface area contributed by atoms with Gasteiger partial charge < -0.3 is 14.4 Å². The highest BCUT2D eigenvalue weighted by Gasteiger charge is 2.16. The number of hydrogen-bond donors (Lipinski definition) is 0. The van der Waals surface area contributed by atoms with Crippen LogP contribution in [-0.4, -0.2) is 53.6 Å². The first-order valence-corrected chi connectivity index (χ1v) is 21.7. The maximum absolute atomic E-state index is 13.1. The molecule has 7 heteroatoms. The summed E-state index contributed by atoms with van der Waals surface area (Å²) >= 11 is 1.43. The monoisotopic (exact) mass is 710 g/mol. The fraction of sp³-hybridized carbons (Fsp3) is 0.881. The third kappa shape index (κ3) is 33.4. The second kappa shape index (κ2) is 36.3. The molecule has 0 unspecified atom stereocenters. The normalized spacial score (nSPS) is 11.6. The highest BCUT2D eigenvalue weighted by molar-refractivity contribution is 8.13. The van der Waals surface area contributed by atoms with Gasteiger partial charge in [0, 0.05) is 31.7 Å². The number of thioether (sulfide) groups is 1. The van der Waals surface area contributed by atoms with Gasteiger partial charge in [-0.05, 0) is 76.5 Å². The van der Waals surface area contributed by atoms with Crippen LogP contribution >= 0.6 is 11.8 Å². The summed E-state index contributed by atoms with van der Waals surface area (Å²) in [4.78, 5) is 39.9. The topological polar surface area (TPSA) is 72.9 Å². The molecule has 0 spiro atoms. The SMILES string of the molecule is CCCCCC/C=C\COC(=O)CCCCCN(CCCCCC(=O)OC(CCCCCCC)CCCCCCC)C(=O)SCCC(C)C. The van der Waals surface area contributed by atoms with Crippen LogP contribution < -0.4 is 0 Å². The van der Waals surface area contributed by atoms with Crippen LogP contribution in [0.5, 0.6) is 0 Å². The van der Waals surface area contributed by atoms with Crippen molar-refractivity contribution in [1.82, 2.24) is 4.90 Å². The van der Waals surface area contributed by atoms with Crippen molar-refractivity contribution in [3.63, 3.8) is 0 Å². The molecule has 0 N–H and O–H groups in total. The summed E-state index contributed by atoms with van der Waals surface area (Å²) in [5.74, 6) is 1.23. The van der Waals surface area contributed by atoms with Crippen LogP contribution in [0.4, 0.5) is 4.79 Å². The van der Waals surface area contributed by atoms with Crippen molar-refractivity contribution in [2.24, 2.45) is 5.92 Å². The van der Waals surface area contributed by atoms with Gasteiger partial charge in [-0.25, -0.2) is 0 Å². The lowest BCUT2D eigenvalue weighted by molar-refractivity contribution is -0.150. The van der Waals surface area contributed by atoms with E-state index < -0.39 is 0 Å². The standard InChI is InChI=1S/C42H79NO5S/c1-6-9-12-15-16-19-28-36-47-40(44)31-24-20-26-34-43(42(46)49-37-33-38(4)5)35-27-21-25-32-41(45)48-39(29-22-17-13-10-7-2)30-23-18-14-11-8-3/h19,28,38-39H,6-18,20-27,29-37H2,1-5H3/b28-19-. The lowest BCUT2D eigenvalue weighted by atomic mass is 10.0. The summed E-state index contributed by atoms with van der Waals surface area (Å²) in [7, 11) is 0. The van der Waals surface area contributed by atoms with Crippen LogP contribution in [-0.2, 0) is 19.1 Å². The fourth-order valence-corrected chi connectivity index (χ4v) is 6.94. The van der Waals surface area contributed by atoms with E-state index in [-0.39, 0.29) is 23.3 Å². The quantitative estimate of drug-likeness (QED) is 0.0370. The van der Waals surface area contributed by atoms with E-state index in [4.69, 9.17) is 9.47 Å². The molecule has 0 aliphatic rings. The molecule has 0 rings (SSSR count). The molecule has 49 heavy (non-hydrogen) atoms. The van der Waals surface area contributed by atoms with E-state index in [1.54, 1.807) is 0 Å². The van der Waals surface area contributed by atoms with Gasteiger partial charge in [0.05, 0.1) is 0 Å². The second-order valence-corrected chi connectivity index (χ2v) is 15.5. The molecule has 0 heterocycles. The van der Waals surface area contributed by atoms with Crippen molar-refractivity contribution in [1.29, 1.82) is 0 Å². The minimum Gasteiger partial charge on any atom is -0.462 e. The predicted molar refractivity (Wildman–Crippen MR) is 211 cm³/mol. The number of allylic oxidation sites excluding steroid dienone is 1. The highest BCUT2D eigenvalue weighted by atomic mass is 32.2. The predicted octanol–water partition coefficient (Wildman–Crippen LogP) is 13.0. The van der Waals surface area contributed by atoms with Crippen molar-refractivity contribution >= 4 is 28.9 Å². The van der Waals surface area contributed by atoms with E-state index in [9.17, 15) is 14.4 Å². The lowest BCUT2D eigenvalue weighted by Gasteiger charge is -2.22. The van der Waals surface area contributed by atoms with Gasteiger partial charge in [-0.3, -0.25) is 14.4 Å². The average molecular weight is 710 g/mol. The molecule has 0 saturated heterocycles. The van der Waals surface area contributed by atoms with Crippen molar-refractivity contribution in [2.45, 2.75) is 208 Å². The van der Waals surface area contributed by atoms with E-state index in [1.807, 2.05) is 11.0 Å². The van der Waals surface area contributed by atoms with Gasteiger partial charge >= 0.3 is 11.9 Å². The number of esters is 2. The zero-order valence-corrected chi connectivity index (χ0v) is 33.7. The minimum atomic E-state index is -0.142. The van der Waals surface area contributed by atoms with Gasteiger partial charge in [0.2, 0.25) is 0 Å². The molecule has 0 radical (unpaired) electrons.